The molecule has 1 saturated carbocycles. The van der Waals surface area contributed by atoms with E-state index < -0.39 is 0 Å². The van der Waals surface area contributed by atoms with E-state index in [1.807, 2.05) is 42.5 Å². The lowest BCUT2D eigenvalue weighted by Crippen LogP contribution is -2.43. The molecular formula is C32H38N2O5. The van der Waals surface area contributed by atoms with Crippen LogP contribution in [0.3, 0.4) is 0 Å². The van der Waals surface area contributed by atoms with Gasteiger partial charge < -0.3 is 24.3 Å². The number of carbonyl (C=O) groups is 1. The highest BCUT2D eigenvalue weighted by atomic mass is 16.5. The van der Waals surface area contributed by atoms with Crippen LogP contribution in [0.2, 0.25) is 0 Å². The number of hydrogen-bond acceptors (Lipinski definition) is 6. The lowest BCUT2D eigenvalue weighted by atomic mass is 9.88. The van der Waals surface area contributed by atoms with Crippen molar-refractivity contribution in [2.24, 2.45) is 5.92 Å². The highest BCUT2D eigenvalue weighted by Gasteiger charge is 2.31. The molecule has 206 valence electrons. The monoisotopic (exact) mass is 530 g/mol. The number of rotatable bonds is 12. The van der Waals surface area contributed by atoms with E-state index in [9.17, 15) is 4.79 Å². The summed E-state index contributed by atoms with van der Waals surface area (Å²) in [6.45, 7) is 2.34. The number of benzene rings is 3. The molecule has 1 aliphatic heterocycles. The Morgan fingerprint density at radius 2 is 1.62 bits per heavy atom. The van der Waals surface area contributed by atoms with Crippen LogP contribution in [0.25, 0.3) is 0 Å². The fourth-order valence-electron chi connectivity index (χ4n) is 5.22. The summed E-state index contributed by atoms with van der Waals surface area (Å²) in [5.74, 6) is 3.61. The molecule has 2 aliphatic rings. The Bertz CT molecular complexity index is 1280. The summed E-state index contributed by atoms with van der Waals surface area (Å²) in [5.41, 5.74) is 4.60. The summed E-state index contributed by atoms with van der Waals surface area (Å²) >= 11 is 0. The van der Waals surface area contributed by atoms with Crippen molar-refractivity contribution in [2.75, 3.05) is 41.0 Å². The molecule has 7 nitrogen and oxygen atoms in total. The maximum Gasteiger partial charge on any atom is 0.234 e. The van der Waals surface area contributed by atoms with Crippen molar-refractivity contribution < 1.29 is 23.7 Å². The van der Waals surface area contributed by atoms with Gasteiger partial charge in [0.15, 0.2) is 23.0 Å². The maximum atomic E-state index is 13.1. The first-order valence-corrected chi connectivity index (χ1v) is 13.7. The summed E-state index contributed by atoms with van der Waals surface area (Å²) < 4.78 is 22.9. The fraction of sp³-hybridized carbons (Fsp3) is 0.406. The number of fused-ring (bicyclic) bond motifs is 1. The number of nitrogens with one attached hydrogen (secondary N) is 1. The van der Waals surface area contributed by atoms with Gasteiger partial charge in [-0.3, -0.25) is 9.69 Å². The molecule has 0 bridgehead atoms. The Morgan fingerprint density at radius 1 is 0.872 bits per heavy atom. The molecule has 1 fully saturated rings. The zero-order chi connectivity index (χ0) is 27.2. The second-order valence-corrected chi connectivity index (χ2v) is 10.3. The van der Waals surface area contributed by atoms with Crippen LogP contribution in [0.4, 0.5) is 0 Å². The fourth-order valence-corrected chi connectivity index (χ4v) is 5.22. The molecule has 0 aromatic heterocycles. The van der Waals surface area contributed by atoms with E-state index in [0.717, 1.165) is 42.2 Å². The maximum absolute atomic E-state index is 13.1. The molecule has 1 N–H and O–H groups in total. The minimum absolute atomic E-state index is 0.0102. The Labute approximate surface area is 231 Å². The molecule has 7 heteroatoms. The van der Waals surface area contributed by atoms with Crippen LogP contribution in [0, 0.1) is 5.92 Å². The highest BCUT2D eigenvalue weighted by Crippen LogP contribution is 2.41. The van der Waals surface area contributed by atoms with Crippen LogP contribution in [0.1, 0.15) is 41.1 Å². The van der Waals surface area contributed by atoms with E-state index in [0.29, 0.717) is 36.9 Å². The summed E-state index contributed by atoms with van der Waals surface area (Å²) in [7, 11) is 4.97. The van der Waals surface area contributed by atoms with Crippen molar-refractivity contribution in [1.82, 2.24) is 10.2 Å². The van der Waals surface area contributed by atoms with Crippen LogP contribution in [-0.2, 0) is 24.2 Å². The minimum atomic E-state index is -0.0132. The van der Waals surface area contributed by atoms with Crippen LogP contribution >= 0.6 is 0 Å². The molecule has 3 aromatic carbocycles. The van der Waals surface area contributed by atoms with Crippen molar-refractivity contribution in [3.05, 3.63) is 82.9 Å². The molecule has 1 aliphatic carbocycles. The van der Waals surface area contributed by atoms with Gasteiger partial charge in [0.25, 0.3) is 0 Å². The van der Waals surface area contributed by atoms with Crippen molar-refractivity contribution in [3.63, 3.8) is 0 Å². The van der Waals surface area contributed by atoms with Gasteiger partial charge in [0.2, 0.25) is 5.91 Å². The molecular weight excluding hydrogens is 492 g/mol. The number of amides is 1. The third kappa shape index (κ3) is 6.66. The SMILES string of the molecule is COc1ccc(CC2c3cc(OC)c(OCC4CC4)cc3CCN2CC(=O)NCc2ccccc2)cc1OC. The van der Waals surface area contributed by atoms with E-state index >= 15 is 0 Å². The quantitative estimate of drug-likeness (QED) is 0.357. The van der Waals surface area contributed by atoms with Crippen LogP contribution in [0.5, 0.6) is 23.0 Å². The number of methoxy groups -OCH3 is 3. The summed E-state index contributed by atoms with van der Waals surface area (Å²) in [5, 5.41) is 3.09. The van der Waals surface area contributed by atoms with Crippen LogP contribution in [0.15, 0.2) is 60.7 Å². The first kappa shape index (κ1) is 26.9. The minimum Gasteiger partial charge on any atom is -0.493 e. The molecule has 1 atom stereocenters. The highest BCUT2D eigenvalue weighted by molar-refractivity contribution is 5.78. The predicted molar refractivity (Wildman–Crippen MR) is 151 cm³/mol. The zero-order valence-electron chi connectivity index (χ0n) is 23.1. The Balaban J connectivity index is 1.40. The average Bonchev–Trinajstić information content (AvgIpc) is 3.81. The van der Waals surface area contributed by atoms with E-state index in [1.54, 1.807) is 21.3 Å². The van der Waals surface area contributed by atoms with Gasteiger partial charge in [-0.1, -0.05) is 36.4 Å². The molecule has 39 heavy (non-hydrogen) atoms. The van der Waals surface area contributed by atoms with Crippen LogP contribution in [-0.4, -0.2) is 51.8 Å². The molecule has 5 rings (SSSR count). The van der Waals surface area contributed by atoms with Crippen molar-refractivity contribution in [1.29, 1.82) is 0 Å². The Morgan fingerprint density at radius 3 is 2.33 bits per heavy atom. The van der Waals surface area contributed by atoms with Crippen molar-refractivity contribution in [2.45, 2.75) is 38.3 Å². The first-order chi connectivity index (χ1) is 19.1. The molecule has 0 spiro atoms. The van der Waals surface area contributed by atoms with E-state index in [4.69, 9.17) is 18.9 Å². The standard InChI is InChI=1S/C32H38N2O5/c1-36-28-12-11-24(16-29(28)37-2)15-27-26-18-30(38-3)31(39-21-23-9-10-23)17-25(26)13-14-34(27)20-32(35)33-19-22-7-5-4-6-8-22/h4-8,11-12,16-18,23,27H,9-10,13-15,19-21H2,1-3H3,(H,33,35). The second kappa shape index (κ2) is 12.4. The number of hydrogen-bond donors (Lipinski definition) is 1. The van der Waals surface area contributed by atoms with Gasteiger partial charge in [0, 0.05) is 19.1 Å². The third-order valence-electron chi connectivity index (χ3n) is 7.62. The number of carbonyl (C=O) groups excluding carboxylic acids is 1. The predicted octanol–water partition coefficient (Wildman–Crippen LogP) is 4.96. The van der Waals surface area contributed by atoms with Crippen molar-refractivity contribution >= 4 is 5.91 Å². The summed E-state index contributed by atoms with van der Waals surface area (Å²) in [6, 6.07) is 20.2. The summed E-state index contributed by atoms with van der Waals surface area (Å²) in [4.78, 5) is 15.3. The van der Waals surface area contributed by atoms with Gasteiger partial charge in [0.1, 0.15) is 0 Å². The van der Waals surface area contributed by atoms with Gasteiger partial charge in [0.05, 0.1) is 34.5 Å². The van der Waals surface area contributed by atoms with Gasteiger partial charge >= 0.3 is 0 Å². The Hall–Kier alpha value is -3.71. The summed E-state index contributed by atoms with van der Waals surface area (Å²) in [6.07, 6.45) is 4.03. The average molecular weight is 531 g/mol. The number of nitrogens with zero attached hydrogens (tertiary/aromatic N) is 1. The van der Waals surface area contributed by atoms with Crippen molar-refractivity contribution in [3.8, 4) is 23.0 Å². The second-order valence-electron chi connectivity index (χ2n) is 10.3. The zero-order valence-corrected chi connectivity index (χ0v) is 23.1. The Kier molecular flexibility index (Phi) is 8.57. The third-order valence-corrected chi connectivity index (χ3v) is 7.62. The van der Waals surface area contributed by atoms with Gasteiger partial charge in [-0.2, -0.15) is 0 Å². The van der Waals surface area contributed by atoms with Crippen LogP contribution < -0.4 is 24.3 Å². The lowest BCUT2D eigenvalue weighted by Gasteiger charge is -2.37. The number of ether oxygens (including phenoxy) is 4. The van der Waals surface area contributed by atoms with Gasteiger partial charge in [-0.25, -0.2) is 0 Å². The molecule has 1 heterocycles. The smallest absolute Gasteiger partial charge is 0.234 e. The van der Waals surface area contributed by atoms with E-state index in [2.05, 4.69) is 28.4 Å². The molecule has 3 aromatic rings. The normalized spacial score (nSPS) is 16.7. The van der Waals surface area contributed by atoms with Gasteiger partial charge in [-0.05, 0) is 78.1 Å². The topological polar surface area (TPSA) is 69.3 Å². The molecule has 0 radical (unpaired) electrons. The first-order valence-electron chi connectivity index (χ1n) is 13.7. The van der Waals surface area contributed by atoms with Gasteiger partial charge in [-0.15, -0.1) is 0 Å². The molecule has 1 amide bonds. The van der Waals surface area contributed by atoms with E-state index in [1.165, 1.54) is 24.0 Å². The largest absolute Gasteiger partial charge is 0.493 e. The van der Waals surface area contributed by atoms with E-state index in [-0.39, 0.29) is 11.9 Å². The molecule has 1 unspecified atom stereocenters. The molecule has 0 saturated heterocycles. The lowest BCUT2D eigenvalue weighted by molar-refractivity contribution is -0.123.